The van der Waals surface area contributed by atoms with E-state index in [4.69, 9.17) is 0 Å². The quantitative estimate of drug-likeness (QED) is 0.573. The Morgan fingerprint density at radius 1 is 0.963 bits per heavy atom. The zero-order valence-corrected chi connectivity index (χ0v) is 15.9. The molecule has 5 nitrogen and oxygen atoms in total. The predicted octanol–water partition coefficient (Wildman–Crippen LogP) is 4.42. The third-order valence-electron chi connectivity index (χ3n) is 4.47. The summed E-state index contributed by atoms with van der Waals surface area (Å²) in [5, 5.41) is 0. The molecule has 0 unspecified atom stereocenters. The molecule has 0 aliphatic carbocycles. The normalized spacial score (nSPS) is 11.6. The minimum Gasteiger partial charge on any atom is -0.306 e. The maximum atomic E-state index is 12.7. The number of hydrogen-bond donors (Lipinski definition) is 1. The zero-order chi connectivity index (χ0) is 19.0. The van der Waals surface area contributed by atoms with E-state index in [0.29, 0.717) is 5.69 Å². The van der Waals surface area contributed by atoms with Crippen LogP contribution in [0.1, 0.15) is 11.1 Å². The molecule has 136 valence electrons. The summed E-state index contributed by atoms with van der Waals surface area (Å²) in [7, 11) is -3.65. The van der Waals surface area contributed by atoms with Crippen molar-refractivity contribution in [1.29, 1.82) is 0 Å². The Labute approximate surface area is 158 Å². The first-order chi connectivity index (χ1) is 12.9. The van der Waals surface area contributed by atoms with E-state index >= 15 is 0 Å². The van der Waals surface area contributed by atoms with E-state index in [1.165, 1.54) is 0 Å². The van der Waals surface area contributed by atoms with Crippen LogP contribution in [0.25, 0.3) is 16.9 Å². The Bertz CT molecular complexity index is 1190. The van der Waals surface area contributed by atoms with Crippen molar-refractivity contribution < 1.29 is 8.42 Å². The number of rotatable bonds is 4. The summed E-state index contributed by atoms with van der Waals surface area (Å²) >= 11 is 0. The monoisotopic (exact) mass is 377 g/mol. The first kappa shape index (κ1) is 17.3. The van der Waals surface area contributed by atoms with Crippen molar-refractivity contribution >= 4 is 21.4 Å². The predicted molar refractivity (Wildman–Crippen MR) is 107 cm³/mol. The molecule has 6 heteroatoms. The maximum absolute atomic E-state index is 12.7. The van der Waals surface area contributed by atoms with Gasteiger partial charge in [-0.15, -0.1) is 0 Å². The van der Waals surface area contributed by atoms with Gasteiger partial charge in [0, 0.05) is 18.0 Å². The second kappa shape index (κ2) is 6.55. The van der Waals surface area contributed by atoms with Crippen molar-refractivity contribution in [3.05, 3.63) is 84.2 Å². The van der Waals surface area contributed by atoms with Crippen LogP contribution in [-0.2, 0) is 10.0 Å². The molecule has 0 bridgehead atoms. The topological polar surface area (TPSA) is 63.5 Å². The molecule has 27 heavy (non-hydrogen) atoms. The van der Waals surface area contributed by atoms with Gasteiger partial charge >= 0.3 is 0 Å². The van der Waals surface area contributed by atoms with Crippen LogP contribution in [0.2, 0.25) is 0 Å². The number of aromatic nitrogens is 2. The van der Waals surface area contributed by atoms with Gasteiger partial charge in [-0.25, -0.2) is 13.4 Å². The minimum absolute atomic E-state index is 0.241. The number of aryl methyl sites for hydroxylation is 2. The first-order valence-electron chi connectivity index (χ1n) is 8.57. The average molecular weight is 377 g/mol. The Morgan fingerprint density at radius 3 is 2.48 bits per heavy atom. The summed E-state index contributed by atoms with van der Waals surface area (Å²) in [6, 6.07) is 18.3. The first-order valence-corrected chi connectivity index (χ1v) is 10.0. The lowest BCUT2D eigenvalue weighted by Gasteiger charge is -2.12. The van der Waals surface area contributed by atoms with Gasteiger partial charge in [-0.3, -0.25) is 4.72 Å². The smallest absolute Gasteiger partial charge is 0.261 e. The fourth-order valence-electron chi connectivity index (χ4n) is 2.89. The summed E-state index contributed by atoms with van der Waals surface area (Å²) in [4.78, 5) is 4.85. The number of fused-ring (bicyclic) bond motifs is 1. The summed E-state index contributed by atoms with van der Waals surface area (Å²) in [5.41, 5.74) is 4.89. The molecule has 0 aliphatic rings. The zero-order valence-electron chi connectivity index (χ0n) is 15.0. The van der Waals surface area contributed by atoms with Crippen LogP contribution >= 0.6 is 0 Å². The molecule has 0 fully saturated rings. The van der Waals surface area contributed by atoms with Crippen LogP contribution in [-0.4, -0.2) is 17.8 Å². The molecule has 0 amide bonds. The second-order valence-electron chi connectivity index (χ2n) is 6.54. The summed E-state index contributed by atoms with van der Waals surface area (Å²) in [5.74, 6) is 0. The van der Waals surface area contributed by atoms with Crippen LogP contribution in [0.15, 0.2) is 78.0 Å². The molecule has 1 N–H and O–H groups in total. The number of nitrogens with one attached hydrogen (secondary N) is 1. The van der Waals surface area contributed by atoms with Crippen molar-refractivity contribution in [1.82, 2.24) is 9.38 Å². The van der Waals surface area contributed by atoms with Gasteiger partial charge in [0.25, 0.3) is 10.0 Å². The van der Waals surface area contributed by atoms with Crippen molar-refractivity contribution in [2.24, 2.45) is 0 Å². The van der Waals surface area contributed by atoms with Crippen LogP contribution in [0.5, 0.6) is 0 Å². The van der Waals surface area contributed by atoms with Gasteiger partial charge in [0.1, 0.15) is 5.65 Å². The van der Waals surface area contributed by atoms with Crippen molar-refractivity contribution in [2.45, 2.75) is 18.7 Å². The SMILES string of the molecule is Cc1ccc(S(=O)(=O)Nc2cc(-c3cn4ccccc4n3)ccc2C)cc1. The van der Waals surface area contributed by atoms with E-state index in [0.717, 1.165) is 28.0 Å². The number of sulfonamides is 1. The van der Waals surface area contributed by atoms with Gasteiger partial charge in [-0.05, 0) is 49.7 Å². The molecule has 0 aliphatic heterocycles. The van der Waals surface area contributed by atoms with E-state index < -0.39 is 10.0 Å². The Kier molecular flexibility index (Phi) is 4.20. The summed E-state index contributed by atoms with van der Waals surface area (Å²) < 4.78 is 30.1. The number of benzene rings is 2. The molecule has 4 rings (SSSR count). The molecule has 0 saturated heterocycles. The van der Waals surface area contributed by atoms with Crippen molar-refractivity contribution in [3.8, 4) is 11.3 Å². The number of imidazole rings is 1. The second-order valence-corrected chi connectivity index (χ2v) is 8.22. The van der Waals surface area contributed by atoms with Gasteiger partial charge in [0.2, 0.25) is 0 Å². The van der Waals surface area contributed by atoms with E-state index in [9.17, 15) is 8.42 Å². The molecule has 0 radical (unpaired) electrons. The van der Waals surface area contributed by atoms with Gasteiger partial charge in [0.05, 0.1) is 16.3 Å². The fourth-order valence-corrected chi connectivity index (χ4v) is 4.01. The van der Waals surface area contributed by atoms with Gasteiger partial charge in [-0.2, -0.15) is 0 Å². The van der Waals surface area contributed by atoms with E-state index in [-0.39, 0.29) is 4.90 Å². The molecule has 2 heterocycles. The Morgan fingerprint density at radius 2 is 1.74 bits per heavy atom. The van der Waals surface area contributed by atoms with Crippen molar-refractivity contribution in [2.75, 3.05) is 4.72 Å². The van der Waals surface area contributed by atoms with Crippen LogP contribution < -0.4 is 4.72 Å². The lowest BCUT2D eigenvalue weighted by Crippen LogP contribution is -2.13. The van der Waals surface area contributed by atoms with Crippen molar-refractivity contribution in [3.63, 3.8) is 0 Å². The molecular weight excluding hydrogens is 358 g/mol. The fraction of sp³-hybridized carbons (Fsp3) is 0.0952. The largest absolute Gasteiger partial charge is 0.306 e. The number of hydrogen-bond acceptors (Lipinski definition) is 3. The molecule has 2 aromatic carbocycles. The minimum atomic E-state index is -3.65. The van der Waals surface area contributed by atoms with Crippen LogP contribution in [0.4, 0.5) is 5.69 Å². The molecule has 4 aromatic rings. The highest BCUT2D eigenvalue weighted by atomic mass is 32.2. The van der Waals surface area contributed by atoms with Gasteiger partial charge in [0.15, 0.2) is 0 Å². The highest BCUT2D eigenvalue weighted by molar-refractivity contribution is 7.92. The number of nitrogens with zero attached hydrogens (tertiary/aromatic N) is 2. The number of pyridine rings is 1. The van der Waals surface area contributed by atoms with E-state index in [2.05, 4.69) is 9.71 Å². The van der Waals surface area contributed by atoms with Crippen LogP contribution in [0, 0.1) is 13.8 Å². The molecular formula is C21H19N3O2S. The average Bonchev–Trinajstić information content (AvgIpc) is 3.08. The Balaban J connectivity index is 1.71. The third kappa shape index (κ3) is 3.44. The highest BCUT2D eigenvalue weighted by Gasteiger charge is 2.16. The van der Waals surface area contributed by atoms with E-state index in [1.807, 2.05) is 67.0 Å². The molecule has 0 saturated carbocycles. The molecule has 0 spiro atoms. The van der Waals surface area contributed by atoms with Gasteiger partial charge < -0.3 is 4.40 Å². The lowest BCUT2D eigenvalue weighted by molar-refractivity contribution is 0.601. The van der Waals surface area contributed by atoms with E-state index in [1.54, 1.807) is 24.3 Å². The molecule has 0 atom stereocenters. The van der Waals surface area contributed by atoms with Gasteiger partial charge in [-0.1, -0.05) is 35.9 Å². The molecule has 2 aromatic heterocycles. The summed E-state index contributed by atoms with van der Waals surface area (Å²) in [6.07, 6.45) is 3.86. The summed E-state index contributed by atoms with van der Waals surface area (Å²) in [6.45, 7) is 3.80. The highest BCUT2D eigenvalue weighted by Crippen LogP contribution is 2.27. The lowest BCUT2D eigenvalue weighted by atomic mass is 10.1. The maximum Gasteiger partial charge on any atom is 0.261 e. The Hall–Kier alpha value is -3.12. The number of anilines is 1. The standard InChI is InChI=1S/C21H19N3O2S/c1-15-6-10-18(11-7-15)27(25,26)23-19-13-17(9-8-16(19)2)20-14-24-12-4-3-5-21(24)22-20/h3-14,23H,1-2H3. The van der Waals surface area contributed by atoms with Crippen LogP contribution in [0.3, 0.4) is 0 Å². The third-order valence-corrected chi connectivity index (χ3v) is 5.85.